The van der Waals surface area contributed by atoms with Crippen molar-refractivity contribution in [1.29, 1.82) is 5.26 Å². The van der Waals surface area contributed by atoms with Gasteiger partial charge in [0.25, 0.3) is 11.5 Å². The van der Waals surface area contributed by atoms with Gasteiger partial charge in [0.1, 0.15) is 17.2 Å². The Morgan fingerprint density at radius 3 is 2.79 bits per heavy atom. The van der Waals surface area contributed by atoms with Crippen molar-refractivity contribution in [2.75, 3.05) is 0 Å². The molecule has 0 radical (unpaired) electrons. The quantitative estimate of drug-likeness (QED) is 0.901. The van der Waals surface area contributed by atoms with E-state index in [1.807, 2.05) is 13.0 Å². The summed E-state index contributed by atoms with van der Waals surface area (Å²) in [7, 11) is 0. The van der Waals surface area contributed by atoms with Crippen LogP contribution in [0.15, 0.2) is 4.79 Å². The third-order valence-electron chi connectivity index (χ3n) is 2.90. The number of amides is 1. The number of nitriles is 1. The van der Waals surface area contributed by atoms with Gasteiger partial charge in [-0.25, -0.2) is 4.98 Å². The summed E-state index contributed by atoms with van der Waals surface area (Å²) in [5, 5.41) is 9.17. The summed E-state index contributed by atoms with van der Waals surface area (Å²) in [5.41, 5.74) is 5.53. The molecule has 1 amide bonds. The number of primary amides is 1. The van der Waals surface area contributed by atoms with Gasteiger partial charge in [-0.05, 0) is 12.5 Å². The molecule has 98 valence electrons. The van der Waals surface area contributed by atoms with Crippen LogP contribution in [0.2, 0.25) is 0 Å². The Bertz CT molecular complexity index is 767. The first-order valence-corrected chi connectivity index (χ1v) is 6.52. The average molecular weight is 276 g/mol. The summed E-state index contributed by atoms with van der Waals surface area (Å²) in [6.07, 6.45) is 0.537. The molecule has 0 saturated carbocycles. The van der Waals surface area contributed by atoms with Crippen LogP contribution in [0, 0.1) is 18.3 Å². The molecule has 0 aromatic carbocycles. The Hall–Kier alpha value is -2.20. The first kappa shape index (κ1) is 13.2. The number of carbonyl (C=O) groups is 1. The molecule has 2 N–H and O–H groups in total. The minimum absolute atomic E-state index is 0.0495. The molecule has 0 saturated heterocycles. The number of fused-ring (bicyclic) bond motifs is 1. The Labute approximate surface area is 113 Å². The summed E-state index contributed by atoms with van der Waals surface area (Å²) < 4.78 is 1.34. The zero-order chi connectivity index (χ0) is 14.2. The topological polar surface area (TPSA) is 102 Å². The Kier molecular flexibility index (Phi) is 3.36. The van der Waals surface area contributed by atoms with Crippen molar-refractivity contribution in [1.82, 2.24) is 9.55 Å². The van der Waals surface area contributed by atoms with Crippen LogP contribution < -0.4 is 11.3 Å². The minimum atomic E-state index is -0.565. The van der Waals surface area contributed by atoms with Crippen molar-refractivity contribution in [2.24, 2.45) is 5.73 Å². The Balaban J connectivity index is 2.90. The highest BCUT2D eigenvalue weighted by Gasteiger charge is 2.19. The predicted molar refractivity (Wildman–Crippen MR) is 72.1 cm³/mol. The van der Waals surface area contributed by atoms with E-state index in [1.54, 1.807) is 6.92 Å². The first-order valence-electron chi connectivity index (χ1n) is 5.70. The van der Waals surface area contributed by atoms with E-state index in [2.05, 4.69) is 4.98 Å². The molecule has 0 aliphatic rings. The van der Waals surface area contributed by atoms with Crippen molar-refractivity contribution in [3.63, 3.8) is 0 Å². The van der Waals surface area contributed by atoms with Crippen molar-refractivity contribution < 1.29 is 4.79 Å². The lowest BCUT2D eigenvalue weighted by Gasteiger charge is -2.06. The summed E-state index contributed by atoms with van der Waals surface area (Å²) in [6.45, 7) is 3.48. The second-order valence-corrected chi connectivity index (χ2v) is 5.03. The van der Waals surface area contributed by atoms with Crippen LogP contribution in [-0.4, -0.2) is 15.5 Å². The highest BCUT2D eigenvalue weighted by Crippen LogP contribution is 2.26. The van der Waals surface area contributed by atoms with Gasteiger partial charge in [0.2, 0.25) is 0 Å². The number of aromatic nitrogens is 2. The average Bonchev–Trinajstić information content (AvgIpc) is 2.70. The monoisotopic (exact) mass is 276 g/mol. The van der Waals surface area contributed by atoms with Gasteiger partial charge in [-0.2, -0.15) is 5.26 Å². The van der Waals surface area contributed by atoms with Crippen LogP contribution in [0.5, 0.6) is 0 Å². The standard InChI is InChI=1S/C12H12N4O2S/c1-3-7-15-11-8(12(18)16(7)5-4-13)6(2)9(19-11)10(14)17/h3,5H2,1-2H3,(H2,14,17). The molecule has 0 spiro atoms. The van der Waals surface area contributed by atoms with Crippen LogP contribution in [0.4, 0.5) is 0 Å². The van der Waals surface area contributed by atoms with Crippen LogP contribution in [0.25, 0.3) is 10.2 Å². The smallest absolute Gasteiger partial charge is 0.263 e. The highest BCUT2D eigenvalue weighted by atomic mass is 32.1. The molecule has 2 aromatic rings. The Morgan fingerprint density at radius 1 is 1.58 bits per heavy atom. The summed E-state index contributed by atoms with van der Waals surface area (Å²) in [6, 6.07) is 1.95. The number of rotatable bonds is 3. The van der Waals surface area contributed by atoms with E-state index in [-0.39, 0.29) is 12.1 Å². The lowest BCUT2D eigenvalue weighted by molar-refractivity contribution is 0.100. The molecular formula is C12H12N4O2S. The maximum atomic E-state index is 12.4. The fraction of sp³-hybridized carbons (Fsp3) is 0.333. The van der Waals surface area contributed by atoms with Gasteiger partial charge in [-0.1, -0.05) is 6.92 Å². The highest BCUT2D eigenvalue weighted by molar-refractivity contribution is 7.20. The molecule has 0 atom stereocenters. The molecule has 0 unspecified atom stereocenters. The second-order valence-electron chi connectivity index (χ2n) is 4.03. The third kappa shape index (κ3) is 2.00. The zero-order valence-electron chi connectivity index (χ0n) is 10.6. The number of nitrogens with two attached hydrogens (primary N) is 1. The zero-order valence-corrected chi connectivity index (χ0v) is 11.4. The number of carbonyl (C=O) groups excluding carboxylic acids is 1. The lowest BCUT2D eigenvalue weighted by Crippen LogP contribution is -2.24. The van der Waals surface area contributed by atoms with E-state index in [9.17, 15) is 9.59 Å². The normalized spacial score (nSPS) is 10.6. The van der Waals surface area contributed by atoms with E-state index in [1.165, 1.54) is 4.57 Å². The van der Waals surface area contributed by atoms with Crippen molar-refractivity contribution in [3.05, 3.63) is 26.6 Å². The number of thiophene rings is 1. The molecule has 7 heteroatoms. The molecule has 2 heterocycles. The number of nitrogens with zero attached hydrogens (tertiary/aromatic N) is 3. The SMILES string of the molecule is CCc1nc2sc(C(N)=O)c(C)c2c(=O)n1CC#N. The molecule has 0 aliphatic carbocycles. The van der Waals surface area contributed by atoms with Crippen molar-refractivity contribution >= 4 is 27.5 Å². The van der Waals surface area contributed by atoms with Gasteiger partial charge in [0.15, 0.2) is 0 Å². The maximum Gasteiger partial charge on any atom is 0.263 e. The van der Waals surface area contributed by atoms with Gasteiger partial charge in [-0.15, -0.1) is 11.3 Å². The number of aryl methyl sites for hydroxylation is 2. The van der Waals surface area contributed by atoms with Gasteiger partial charge in [0.05, 0.1) is 16.3 Å². The number of hydrogen-bond acceptors (Lipinski definition) is 5. The van der Waals surface area contributed by atoms with E-state index in [0.717, 1.165) is 11.3 Å². The molecule has 2 aromatic heterocycles. The van der Waals surface area contributed by atoms with Gasteiger partial charge < -0.3 is 5.73 Å². The van der Waals surface area contributed by atoms with Gasteiger partial charge in [-0.3, -0.25) is 14.2 Å². The third-order valence-corrected chi connectivity index (χ3v) is 4.10. The fourth-order valence-corrected chi connectivity index (χ4v) is 3.04. The molecular weight excluding hydrogens is 264 g/mol. The molecule has 0 bridgehead atoms. The van der Waals surface area contributed by atoms with Crippen LogP contribution >= 0.6 is 11.3 Å². The van der Waals surface area contributed by atoms with Gasteiger partial charge >= 0.3 is 0 Å². The van der Waals surface area contributed by atoms with Crippen LogP contribution in [0.3, 0.4) is 0 Å². The summed E-state index contributed by atoms with van der Waals surface area (Å²) in [4.78, 5) is 28.9. The van der Waals surface area contributed by atoms with E-state index < -0.39 is 5.91 Å². The largest absolute Gasteiger partial charge is 0.365 e. The molecule has 2 rings (SSSR count). The van der Waals surface area contributed by atoms with E-state index in [4.69, 9.17) is 11.0 Å². The predicted octanol–water partition coefficient (Wildman–Crippen LogP) is 0.951. The molecule has 19 heavy (non-hydrogen) atoms. The van der Waals surface area contributed by atoms with Gasteiger partial charge in [0, 0.05) is 6.42 Å². The first-order chi connectivity index (χ1) is 9.01. The van der Waals surface area contributed by atoms with Crippen LogP contribution in [-0.2, 0) is 13.0 Å². The maximum absolute atomic E-state index is 12.4. The van der Waals surface area contributed by atoms with Crippen molar-refractivity contribution in [2.45, 2.75) is 26.8 Å². The fourth-order valence-electron chi connectivity index (χ4n) is 2.00. The van der Waals surface area contributed by atoms with Crippen LogP contribution in [0.1, 0.15) is 28.0 Å². The lowest BCUT2D eigenvalue weighted by atomic mass is 10.2. The number of hydrogen-bond donors (Lipinski definition) is 1. The molecule has 0 fully saturated rings. The Morgan fingerprint density at radius 2 is 2.26 bits per heavy atom. The second kappa shape index (κ2) is 4.82. The van der Waals surface area contributed by atoms with E-state index >= 15 is 0 Å². The molecule has 0 aliphatic heterocycles. The van der Waals surface area contributed by atoms with Crippen molar-refractivity contribution in [3.8, 4) is 6.07 Å². The summed E-state index contributed by atoms with van der Waals surface area (Å²) in [5.74, 6) is -0.0268. The molecule has 6 nitrogen and oxygen atoms in total. The summed E-state index contributed by atoms with van der Waals surface area (Å²) >= 11 is 1.12. The van der Waals surface area contributed by atoms with E-state index in [0.29, 0.717) is 32.9 Å². The minimum Gasteiger partial charge on any atom is -0.365 e.